The van der Waals surface area contributed by atoms with Crippen LogP contribution in [0.15, 0.2) is 30.5 Å². The van der Waals surface area contributed by atoms with E-state index >= 15 is 0 Å². The third-order valence-electron chi connectivity index (χ3n) is 2.84. The SMILES string of the molecule is Cc1cc2ccc(CCCCN)cc2cn1. The predicted octanol–water partition coefficient (Wildman–Crippen LogP) is 2.82. The highest BCUT2D eigenvalue weighted by Crippen LogP contribution is 2.17. The van der Waals surface area contributed by atoms with Crippen molar-refractivity contribution in [2.24, 2.45) is 5.73 Å². The normalized spacial score (nSPS) is 10.9. The van der Waals surface area contributed by atoms with Crippen molar-refractivity contribution < 1.29 is 0 Å². The van der Waals surface area contributed by atoms with E-state index in [2.05, 4.69) is 29.2 Å². The number of pyridine rings is 1. The molecule has 1 aromatic carbocycles. The first kappa shape index (κ1) is 11.1. The standard InChI is InChI=1S/C14H18N2/c1-11-8-13-6-5-12(4-2-3-7-15)9-14(13)10-16-11/h5-6,8-10H,2-4,7,15H2,1H3. The summed E-state index contributed by atoms with van der Waals surface area (Å²) in [5.74, 6) is 0. The number of nitrogens with two attached hydrogens (primary N) is 1. The van der Waals surface area contributed by atoms with Gasteiger partial charge in [-0.1, -0.05) is 12.1 Å². The number of hydrogen-bond donors (Lipinski definition) is 1. The molecule has 0 aliphatic heterocycles. The van der Waals surface area contributed by atoms with Crippen molar-refractivity contribution in [3.63, 3.8) is 0 Å². The van der Waals surface area contributed by atoms with Gasteiger partial charge in [0.2, 0.25) is 0 Å². The lowest BCUT2D eigenvalue weighted by molar-refractivity contribution is 0.745. The van der Waals surface area contributed by atoms with E-state index < -0.39 is 0 Å². The molecular weight excluding hydrogens is 196 g/mol. The molecule has 1 heterocycles. The second-order valence-corrected chi connectivity index (χ2v) is 4.25. The van der Waals surface area contributed by atoms with Crippen molar-refractivity contribution in [2.75, 3.05) is 6.54 Å². The highest BCUT2D eigenvalue weighted by atomic mass is 14.6. The van der Waals surface area contributed by atoms with Crippen LogP contribution in [-0.2, 0) is 6.42 Å². The largest absolute Gasteiger partial charge is 0.330 e. The Morgan fingerprint density at radius 1 is 1.12 bits per heavy atom. The molecule has 0 aliphatic carbocycles. The maximum Gasteiger partial charge on any atom is 0.0379 e. The molecule has 0 saturated heterocycles. The first-order valence-corrected chi connectivity index (χ1v) is 5.85. The predicted molar refractivity (Wildman–Crippen MR) is 68.5 cm³/mol. The van der Waals surface area contributed by atoms with Crippen LogP contribution in [0.1, 0.15) is 24.1 Å². The monoisotopic (exact) mass is 214 g/mol. The lowest BCUT2D eigenvalue weighted by Crippen LogP contribution is -1.98. The molecule has 2 rings (SSSR count). The van der Waals surface area contributed by atoms with Gasteiger partial charge in [0.15, 0.2) is 0 Å². The van der Waals surface area contributed by atoms with Crippen molar-refractivity contribution in [3.05, 3.63) is 41.7 Å². The van der Waals surface area contributed by atoms with Gasteiger partial charge < -0.3 is 5.73 Å². The molecule has 0 aliphatic rings. The van der Waals surface area contributed by atoms with Gasteiger partial charge in [-0.25, -0.2) is 0 Å². The van der Waals surface area contributed by atoms with Gasteiger partial charge in [-0.3, -0.25) is 4.98 Å². The zero-order valence-electron chi connectivity index (χ0n) is 9.74. The van der Waals surface area contributed by atoms with Gasteiger partial charge >= 0.3 is 0 Å². The highest BCUT2D eigenvalue weighted by Gasteiger charge is 1.98. The number of fused-ring (bicyclic) bond motifs is 1. The minimum atomic E-state index is 0.786. The molecule has 84 valence electrons. The molecule has 16 heavy (non-hydrogen) atoms. The third-order valence-corrected chi connectivity index (χ3v) is 2.84. The van der Waals surface area contributed by atoms with E-state index in [1.54, 1.807) is 0 Å². The Labute approximate surface area is 96.5 Å². The summed E-state index contributed by atoms with van der Waals surface area (Å²) in [6.07, 6.45) is 5.34. The second-order valence-electron chi connectivity index (χ2n) is 4.25. The second kappa shape index (κ2) is 5.08. The molecular formula is C14H18N2. The Balaban J connectivity index is 2.20. The summed E-state index contributed by atoms with van der Waals surface area (Å²) in [6.45, 7) is 2.81. The van der Waals surface area contributed by atoms with Crippen LogP contribution in [0.5, 0.6) is 0 Å². The van der Waals surface area contributed by atoms with Gasteiger partial charge in [-0.2, -0.15) is 0 Å². The number of unbranched alkanes of at least 4 members (excludes halogenated alkanes) is 1. The summed E-state index contributed by atoms with van der Waals surface area (Å²) < 4.78 is 0. The van der Waals surface area contributed by atoms with Crippen LogP contribution in [0.3, 0.4) is 0 Å². The lowest BCUT2D eigenvalue weighted by atomic mass is 10.0. The zero-order chi connectivity index (χ0) is 11.4. The Bertz CT molecular complexity index is 477. The maximum absolute atomic E-state index is 5.49. The molecule has 1 aromatic heterocycles. The molecule has 0 saturated carbocycles. The summed E-state index contributed by atoms with van der Waals surface area (Å²) in [6, 6.07) is 8.75. The Hall–Kier alpha value is -1.41. The number of hydrogen-bond acceptors (Lipinski definition) is 2. The molecule has 2 N–H and O–H groups in total. The van der Waals surface area contributed by atoms with Crippen LogP contribution in [0.4, 0.5) is 0 Å². The maximum atomic E-state index is 5.49. The molecule has 2 heteroatoms. The molecule has 2 aromatic rings. The summed E-state index contributed by atoms with van der Waals surface area (Å²) in [4.78, 5) is 4.32. The quantitative estimate of drug-likeness (QED) is 0.795. The Kier molecular flexibility index (Phi) is 3.52. The summed E-state index contributed by atoms with van der Waals surface area (Å²) in [5, 5.41) is 2.51. The number of aryl methyl sites for hydroxylation is 2. The minimum Gasteiger partial charge on any atom is -0.330 e. The van der Waals surface area contributed by atoms with Crippen molar-refractivity contribution in [2.45, 2.75) is 26.2 Å². The molecule has 2 nitrogen and oxygen atoms in total. The molecule has 0 radical (unpaired) electrons. The molecule has 0 atom stereocenters. The average Bonchev–Trinajstić information content (AvgIpc) is 2.29. The van der Waals surface area contributed by atoms with Crippen molar-refractivity contribution >= 4 is 10.8 Å². The third kappa shape index (κ3) is 2.58. The Morgan fingerprint density at radius 2 is 2.00 bits per heavy atom. The topological polar surface area (TPSA) is 38.9 Å². The number of rotatable bonds is 4. The average molecular weight is 214 g/mol. The fraction of sp³-hybridized carbons (Fsp3) is 0.357. The first-order valence-electron chi connectivity index (χ1n) is 5.85. The summed E-state index contributed by atoms with van der Waals surface area (Å²) >= 11 is 0. The summed E-state index contributed by atoms with van der Waals surface area (Å²) in [7, 11) is 0. The van der Waals surface area contributed by atoms with E-state index in [9.17, 15) is 0 Å². The van der Waals surface area contributed by atoms with Crippen LogP contribution in [0.25, 0.3) is 10.8 Å². The molecule has 0 fully saturated rings. The fourth-order valence-corrected chi connectivity index (χ4v) is 1.93. The highest BCUT2D eigenvalue weighted by molar-refractivity contribution is 5.82. The van der Waals surface area contributed by atoms with Gasteiger partial charge in [0.05, 0.1) is 0 Å². The number of nitrogens with zero attached hydrogens (tertiary/aromatic N) is 1. The zero-order valence-corrected chi connectivity index (χ0v) is 9.74. The van der Waals surface area contributed by atoms with Crippen LogP contribution >= 0.6 is 0 Å². The Morgan fingerprint density at radius 3 is 2.81 bits per heavy atom. The summed E-state index contributed by atoms with van der Waals surface area (Å²) in [5.41, 5.74) is 7.94. The van der Waals surface area contributed by atoms with E-state index in [0.29, 0.717) is 0 Å². The van der Waals surface area contributed by atoms with E-state index in [4.69, 9.17) is 5.73 Å². The van der Waals surface area contributed by atoms with E-state index in [1.165, 1.54) is 22.8 Å². The van der Waals surface area contributed by atoms with Gasteiger partial charge in [0.25, 0.3) is 0 Å². The number of benzene rings is 1. The van der Waals surface area contributed by atoms with Crippen molar-refractivity contribution in [1.29, 1.82) is 0 Å². The fourth-order valence-electron chi connectivity index (χ4n) is 1.93. The first-order chi connectivity index (χ1) is 7.79. The van der Waals surface area contributed by atoms with Crippen LogP contribution in [0.2, 0.25) is 0 Å². The van der Waals surface area contributed by atoms with Gasteiger partial charge in [0.1, 0.15) is 0 Å². The minimum absolute atomic E-state index is 0.786. The van der Waals surface area contributed by atoms with Crippen LogP contribution in [0, 0.1) is 6.92 Å². The van der Waals surface area contributed by atoms with Gasteiger partial charge in [-0.15, -0.1) is 0 Å². The van der Waals surface area contributed by atoms with Crippen LogP contribution in [-0.4, -0.2) is 11.5 Å². The molecule has 0 amide bonds. The van der Waals surface area contributed by atoms with Crippen LogP contribution < -0.4 is 5.73 Å². The lowest BCUT2D eigenvalue weighted by Gasteiger charge is -2.04. The van der Waals surface area contributed by atoms with E-state index in [1.807, 2.05) is 13.1 Å². The molecule has 0 unspecified atom stereocenters. The number of aromatic nitrogens is 1. The van der Waals surface area contributed by atoms with Crippen molar-refractivity contribution in [3.8, 4) is 0 Å². The van der Waals surface area contributed by atoms with Gasteiger partial charge in [0, 0.05) is 17.3 Å². The smallest absolute Gasteiger partial charge is 0.0379 e. The molecule has 0 bridgehead atoms. The van der Waals surface area contributed by atoms with E-state index in [0.717, 1.165) is 25.1 Å². The van der Waals surface area contributed by atoms with Gasteiger partial charge in [-0.05, 0) is 55.8 Å². The van der Waals surface area contributed by atoms with E-state index in [-0.39, 0.29) is 0 Å². The van der Waals surface area contributed by atoms with Crippen molar-refractivity contribution in [1.82, 2.24) is 4.98 Å². The molecule has 0 spiro atoms.